The standard InChI is InChI=1S/C4H7FOS/c5-4-1-3(4)2-6-7/h3-4,7H,1-2H2. The van der Waals surface area contributed by atoms with Crippen LogP contribution in [-0.4, -0.2) is 12.8 Å². The van der Waals surface area contributed by atoms with Crippen molar-refractivity contribution in [2.45, 2.75) is 12.6 Å². The zero-order chi connectivity index (χ0) is 5.28. The van der Waals surface area contributed by atoms with Gasteiger partial charge in [0.2, 0.25) is 0 Å². The van der Waals surface area contributed by atoms with Gasteiger partial charge < -0.3 is 4.18 Å². The second-order valence-corrected chi connectivity index (χ2v) is 2.07. The quantitative estimate of drug-likeness (QED) is 0.428. The van der Waals surface area contributed by atoms with Crippen LogP contribution in [0.2, 0.25) is 0 Å². The smallest absolute Gasteiger partial charge is 0.106 e. The molecule has 1 saturated carbocycles. The van der Waals surface area contributed by atoms with Crippen molar-refractivity contribution in [3.63, 3.8) is 0 Å². The molecule has 0 aliphatic heterocycles. The van der Waals surface area contributed by atoms with Crippen LogP contribution in [0.15, 0.2) is 0 Å². The number of alkyl halides is 1. The molecule has 0 bridgehead atoms. The Morgan fingerprint density at radius 2 is 2.43 bits per heavy atom. The summed E-state index contributed by atoms with van der Waals surface area (Å²) in [4.78, 5) is 0. The van der Waals surface area contributed by atoms with Gasteiger partial charge in [-0.15, -0.1) is 0 Å². The molecule has 0 spiro atoms. The molecule has 0 aromatic rings. The van der Waals surface area contributed by atoms with Crippen LogP contribution in [0.3, 0.4) is 0 Å². The van der Waals surface area contributed by atoms with Crippen molar-refractivity contribution in [2.75, 3.05) is 6.61 Å². The van der Waals surface area contributed by atoms with Gasteiger partial charge in [0.15, 0.2) is 0 Å². The van der Waals surface area contributed by atoms with Gasteiger partial charge in [-0.3, -0.25) is 0 Å². The molecule has 1 nitrogen and oxygen atoms in total. The first-order valence-corrected chi connectivity index (χ1v) is 2.61. The van der Waals surface area contributed by atoms with Crippen molar-refractivity contribution in [1.29, 1.82) is 0 Å². The van der Waals surface area contributed by atoms with Crippen LogP contribution < -0.4 is 0 Å². The summed E-state index contributed by atoms with van der Waals surface area (Å²) in [6.45, 7) is 0.463. The van der Waals surface area contributed by atoms with Crippen LogP contribution in [0.1, 0.15) is 6.42 Å². The molecule has 2 atom stereocenters. The van der Waals surface area contributed by atoms with E-state index in [1.165, 1.54) is 0 Å². The van der Waals surface area contributed by atoms with Crippen molar-refractivity contribution in [3.8, 4) is 0 Å². The highest BCUT2D eigenvalue weighted by Crippen LogP contribution is 2.33. The summed E-state index contributed by atoms with van der Waals surface area (Å²) in [7, 11) is 0. The molecule has 0 amide bonds. The van der Waals surface area contributed by atoms with Crippen LogP contribution in [0, 0.1) is 5.92 Å². The van der Waals surface area contributed by atoms with Gasteiger partial charge in [0, 0.05) is 5.92 Å². The van der Waals surface area contributed by atoms with Gasteiger partial charge in [0.05, 0.1) is 6.61 Å². The number of halogens is 1. The largest absolute Gasteiger partial charge is 0.318 e. The van der Waals surface area contributed by atoms with Crippen molar-refractivity contribution in [2.24, 2.45) is 5.92 Å². The van der Waals surface area contributed by atoms with Crippen LogP contribution in [0.5, 0.6) is 0 Å². The van der Waals surface area contributed by atoms with Gasteiger partial charge in [0.1, 0.15) is 6.17 Å². The summed E-state index contributed by atoms with van der Waals surface area (Å²) in [5, 5.41) is 0. The van der Waals surface area contributed by atoms with Crippen LogP contribution in [0.25, 0.3) is 0 Å². The van der Waals surface area contributed by atoms with E-state index in [9.17, 15) is 4.39 Å². The first-order chi connectivity index (χ1) is 3.34. The number of thiol groups is 1. The van der Waals surface area contributed by atoms with Crippen molar-refractivity contribution < 1.29 is 8.57 Å². The molecule has 0 N–H and O–H groups in total. The summed E-state index contributed by atoms with van der Waals surface area (Å²) in [5.41, 5.74) is 0. The van der Waals surface area contributed by atoms with Gasteiger partial charge in [-0.25, -0.2) is 4.39 Å². The van der Waals surface area contributed by atoms with E-state index in [1.54, 1.807) is 0 Å². The second kappa shape index (κ2) is 2.01. The average molecular weight is 122 g/mol. The van der Waals surface area contributed by atoms with Crippen molar-refractivity contribution in [1.82, 2.24) is 0 Å². The summed E-state index contributed by atoms with van der Waals surface area (Å²) >= 11 is 3.47. The SMILES string of the molecule is FC1CC1COS. The third-order valence-electron chi connectivity index (χ3n) is 1.12. The van der Waals surface area contributed by atoms with Crippen LogP contribution in [0.4, 0.5) is 4.39 Å². The molecule has 7 heavy (non-hydrogen) atoms. The van der Waals surface area contributed by atoms with E-state index in [0.29, 0.717) is 13.0 Å². The molecule has 1 aliphatic carbocycles. The molecule has 0 saturated heterocycles. The maximum atomic E-state index is 11.8. The highest BCUT2D eigenvalue weighted by molar-refractivity contribution is 7.75. The average Bonchev–Trinajstić information content (AvgIpc) is 2.22. The van der Waals surface area contributed by atoms with Crippen molar-refractivity contribution >= 4 is 12.9 Å². The van der Waals surface area contributed by atoms with Gasteiger partial charge in [-0.05, 0) is 19.3 Å². The Bertz CT molecular complexity index is 68.7. The third kappa shape index (κ3) is 1.31. The zero-order valence-electron chi connectivity index (χ0n) is 3.80. The highest BCUT2D eigenvalue weighted by Gasteiger charge is 2.37. The van der Waals surface area contributed by atoms with E-state index in [2.05, 4.69) is 17.1 Å². The lowest BCUT2D eigenvalue weighted by Crippen LogP contribution is -1.88. The van der Waals surface area contributed by atoms with E-state index >= 15 is 0 Å². The zero-order valence-corrected chi connectivity index (χ0v) is 4.70. The molecular formula is C4H7FOS. The molecule has 2 unspecified atom stereocenters. The first kappa shape index (κ1) is 5.38. The monoisotopic (exact) mass is 122 g/mol. The Morgan fingerprint density at radius 1 is 1.86 bits per heavy atom. The summed E-state index contributed by atoms with van der Waals surface area (Å²) in [5.74, 6) is 0.150. The Balaban J connectivity index is 1.98. The van der Waals surface area contributed by atoms with Crippen LogP contribution >= 0.6 is 12.9 Å². The first-order valence-electron chi connectivity index (χ1n) is 2.25. The summed E-state index contributed by atoms with van der Waals surface area (Å²) in [6, 6.07) is 0. The van der Waals surface area contributed by atoms with E-state index < -0.39 is 6.17 Å². The predicted molar refractivity (Wildman–Crippen MR) is 27.9 cm³/mol. The molecule has 1 fully saturated rings. The Morgan fingerprint density at radius 3 is 2.57 bits per heavy atom. The molecule has 1 rings (SSSR count). The molecule has 42 valence electrons. The second-order valence-electron chi connectivity index (χ2n) is 1.81. The lowest BCUT2D eigenvalue weighted by atomic mass is 10.5. The summed E-state index contributed by atoms with van der Waals surface area (Å²) in [6.07, 6.45) is 0.0627. The lowest BCUT2D eigenvalue weighted by molar-refractivity contribution is 0.325. The Hall–Kier alpha value is 0.240. The maximum absolute atomic E-state index is 11.8. The fraction of sp³-hybridized carbons (Fsp3) is 1.00. The summed E-state index contributed by atoms with van der Waals surface area (Å²) < 4.78 is 16.2. The minimum Gasteiger partial charge on any atom is -0.318 e. The third-order valence-corrected chi connectivity index (χ3v) is 1.27. The van der Waals surface area contributed by atoms with Gasteiger partial charge in [0.25, 0.3) is 0 Å². The topological polar surface area (TPSA) is 9.23 Å². The molecular weight excluding hydrogens is 115 g/mol. The van der Waals surface area contributed by atoms with Gasteiger partial charge in [-0.1, -0.05) is 0 Å². The molecule has 1 aliphatic rings. The van der Waals surface area contributed by atoms with Crippen LogP contribution in [-0.2, 0) is 4.18 Å². The van der Waals surface area contributed by atoms with Gasteiger partial charge >= 0.3 is 0 Å². The normalized spacial score (nSPS) is 38.6. The maximum Gasteiger partial charge on any atom is 0.106 e. The number of hydrogen-bond donors (Lipinski definition) is 1. The van der Waals surface area contributed by atoms with E-state index in [1.807, 2.05) is 0 Å². The molecule has 3 heteroatoms. The highest BCUT2D eigenvalue weighted by atomic mass is 32.1. The predicted octanol–water partition coefficient (Wildman–Crippen LogP) is 1.21. The fourth-order valence-corrected chi connectivity index (χ4v) is 0.670. The van der Waals surface area contributed by atoms with E-state index in [0.717, 1.165) is 0 Å². The molecule has 0 heterocycles. The van der Waals surface area contributed by atoms with Crippen molar-refractivity contribution in [3.05, 3.63) is 0 Å². The molecule has 0 aromatic carbocycles. The minimum atomic E-state index is -0.604. The minimum absolute atomic E-state index is 0.150. The van der Waals surface area contributed by atoms with E-state index in [4.69, 9.17) is 0 Å². The Kier molecular flexibility index (Phi) is 1.54. The number of rotatable bonds is 2. The fourth-order valence-electron chi connectivity index (χ4n) is 0.479. The Labute approximate surface area is 47.5 Å². The molecule has 0 aromatic heterocycles. The van der Waals surface area contributed by atoms with Gasteiger partial charge in [-0.2, -0.15) is 0 Å². The molecule has 0 radical (unpaired) electrons. The van der Waals surface area contributed by atoms with E-state index in [-0.39, 0.29) is 5.92 Å². The number of hydrogen-bond acceptors (Lipinski definition) is 2. The lowest BCUT2D eigenvalue weighted by Gasteiger charge is -1.86.